The average Bonchev–Trinajstić information content (AvgIpc) is 3.12. The van der Waals surface area contributed by atoms with Crippen LogP contribution in [-0.4, -0.2) is 34.9 Å². The van der Waals surface area contributed by atoms with Gasteiger partial charge in [0.05, 0.1) is 12.2 Å². The summed E-state index contributed by atoms with van der Waals surface area (Å²) in [5.74, 6) is 0. The van der Waals surface area contributed by atoms with Gasteiger partial charge in [0.15, 0.2) is 5.58 Å². The van der Waals surface area contributed by atoms with E-state index in [1.165, 1.54) is 0 Å². The van der Waals surface area contributed by atoms with Gasteiger partial charge in [-0.2, -0.15) is 10.1 Å². The maximum Gasteiger partial charge on any atom is 0.319 e. The largest absolute Gasteiger partial charge is 0.423 e. The van der Waals surface area contributed by atoms with E-state index in [4.69, 9.17) is 4.42 Å². The quantitative estimate of drug-likeness (QED) is 0.768. The number of anilines is 2. The van der Waals surface area contributed by atoms with Crippen molar-refractivity contribution < 1.29 is 9.21 Å². The molecule has 3 rings (SSSR count). The van der Waals surface area contributed by atoms with Gasteiger partial charge in [0.2, 0.25) is 0 Å². The predicted molar refractivity (Wildman–Crippen MR) is 92.1 cm³/mol. The lowest BCUT2D eigenvalue weighted by Gasteiger charge is -2.13. The number of carbonyl (C=O) groups excluding carboxylic acids is 1. The number of aryl methyl sites for hydroxylation is 1. The molecule has 1 atom stereocenters. The van der Waals surface area contributed by atoms with E-state index in [9.17, 15) is 4.79 Å². The molecule has 126 valence electrons. The van der Waals surface area contributed by atoms with Crippen LogP contribution in [0, 0.1) is 0 Å². The summed E-state index contributed by atoms with van der Waals surface area (Å²) >= 11 is 0. The standard InChI is InChI=1S/C16H20N6O2/c1-10(11-8-17-22(4)9-11)18-15(23)19-12-5-6-14-13(7-12)20-16(24-14)21(2)3/h5-10H,1-4H3,(H2,18,19,23)/t10-/m0/s1. The molecule has 0 radical (unpaired) electrons. The third-order valence-corrected chi connectivity index (χ3v) is 3.59. The maximum absolute atomic E-state index is 12.2. The Morgan fingerprint density at radius 3 is 2.83 bits per heavy atom. The highest BCUT2D eigenvalue weighted by molar-refractivity contribution is 5.92. The number of nitrogens with one attached hydrogen (secondary N) is 2. The van der Waals surface area contributed by atoms with Gasteiger partial charge < -0.3 is 20.0 Å². The SMILES string of the molecule is C[C@H](NC(=O)Nc1ccc2oc(N(C)C)nc2c1)c1cnn(C)c1. The predicted octanol–water partition coefficient (Wildman–Crippen LogP) is 2.51. The van der Waals surface area contributed by atoms with E-state index in [0.29, 0.717) is 22.8 Å². The van der Waals surface area contributed by atoms with Crippen LogP contribution in [0.4, 0.5) is 16.5 Å². The molecule has 2 aromatic heterocycles. The minimum absolute atomic E-state index is 0.144. The molecule has 8 nitrogen and oxygen atoms in total. The van der Waals surface area contributed by atoms with Crippen molar-refractivity contribution >= 4 is 28.8 Å². The van der Waals surface area contributed by atoms with Crippen molar-refractivity contribution in [3.63, 3.8) is 0 Å². The number of urea groups is 1. The van der Waals surface area contributed by atoms with Crippen LogP contribution < -0.4 is 15.5 Å². The Balaban J connectivity index is 1.68. The Bertz CT molecular complexity index is 866. The second kappa shape index (κ2) is 6.23. The van der Waals surface area contributed by atoms with Crippen molar-refractivity contribution in [2.75, 3.05) is 24.3 Å². The van der Waals surface area contributed by atoms with Crippen molar-refractivity contribution in [2.45, 2.75) is 13.0 Å². The number of rotatable bonds is 4. The molecule has 1 aromatic carbocycles. The number of oxazole rings is 1. The Kier molecular flexibility index (Phi) is 4.11. The lowest BCUT2D eigenvalue weighted by Crippen LogP contribution is -2.31. The smallest absolute Gasteiger partial charge is 0.319 e. The van der Waals surface area contributed by atoms with Crippen LogP contribution in [-0.2, 0) is 7.05 Å². The monoisotopic (exact) mass is 328 g/mol. The Labute approximate surface area is 139 Å². The number of nitrogens with zero attached hydrogens (tertiary/aromatic N) is 4. The zero-order valence-corrected chi connectivity index (χ0v) is 14.1. The van der Waals surface area contributed by atoms with Crippen LogP contribution >= 0.6 is 0 Å². The highest BCUT2D eigenvalue weighted by atomic mass is 16.4. The fraction of sp³-hybridized carbons (Fsp3) is 0.312. The molecule has 0 spiro atoms. The van der Waals surface area contributed by atoms with Crippen molar-refractivity contribution in [3.05, 3.63) is 36.2 Å². The summed E-state index contributed by atoms with van der Waals surface area (Å²) < 4.78 is 7.29. The van der Waals surface area contributed by atoms with Crippen LogP contribution in [0.5, 0.6) is 0 Å². The molecule has 8 heteroatoms. The summed E-state index contributed by atoms with van der Waals surface area (Å²) in [5, 5.41) is 9.78. The molecule has 0 aliphatic carbocycles. The van der Waals surface area contributed by atoms with E-state index >= 15 is 0 Å². The van der Waals surface area contributed by atoms with Gasteiger partial charge in [-0.25, -0.2) is 4.79 Å². The molecule has 2 heterocycles. The summed E-state index contributed by atoms with van der Waals surface area (Å²) in [7, 11) is 5.56. The Hall–Kier alpha value is -3.03. The zero-order valence-electron chi connectivity index (χ0n) is 14.1. The molecule has 0 fully saturated rings. The van der Waals surface area contributed by atoms with Crippen molar-refractivity contribution in [1.82, 2.24) is 20.1 Å². The van der Waals surface area contributed by atoms with Crippen LogP contribution in [0.2, 0.25) is 0 Å². The highest BCUT2D eigenvalue weighted by Crippen LogP contribution is 2.23. The molecule has 0 bridgehead atoms. The zero-order chi connectivity index (χ0) is 17.3. The summed E-state index contributed by atoms with van der Waals surface area (Å²) in [6.07, 6.45) is 3.60. The van der Waals surface area contributed by atoms with E-state index in [0.717, 1.165) is 5.56 Å². The minimum Gasteiger partial charge on any atom is -0.423 e. The average molecular weight is 328 g/mol. The van der Waals surface area contributed by atoms with Crippen LogP contribution in [0.3, 0.4) is 0 Å². The molecule has 24 heavy (non-hydrogen) atoms. The molecule has 0 unspecified atom stereocenters. The van der Waals surface area contributed by atoms with Gasteiger partial charge in [-0.1, -0.05) is 0 Å². The molecular formula is C16H20N6O2. The number of hydrogen-bond acceptors (Lipinski definition) is 5. The fourth-order valence-electron chi connectivity index (χ4n) is 2.30. The first-order valence-electron chi connectivity index (χ1n) is 7.56. The van der Waals surface area contributed by atoms with E-state index in [1.54, 1.807) is 34.0 Å². The topological polar surface area (TPSA) is 88.2 Å². The van der Waals surface area contributed by atoms with Gasteiger partial charge in [-0.3, -0.25) is 4.68 Å². The Morgan fingerprint density at radius 1 is 1.38 bits per heavy atom. The summed E-state index contributed by atoms with van der Waals surface area (Å²) in [6.45, 7) is 1.90. The van der Waals surface area contributed by atoms with Crippen molar-refractivity contribution in [3.8, 4) is 0 Å². The van der Waals surface area contributed by atoms with Crippen LogP contribution in [0.25, 0.3) is 11.1 Å². The number of benzene rings is 1. The molecule has 2 N–H and O–H groups in total. The number of fused-ring (bicyclic) bond motifs is 1. The van der Waals surface area contributed by atoms with Crippen LogP contribution in [0.1, 0.15) is 18.5 Å². The fourth-order valence-corrected chi connectivity index (χ4v) is 2.30. The lowest BCUT2D eigenvalue weighted by molar-refractivity contribution is 0.249. The maximum atomic E-state index is 12.2. The minimum atomic E-state index is -0.290. The summed E-state index contributed by atoms with van der Waals surface area (Å²) in [6, 6.07) is 5.44. The third kappa shape index (κ3) is 3.32. The first kappa shape index (κ1) is 15.9. The molecule has 0 aliphatic heterocycles. The van der Waals surface area contributed by atoms with Gasteiger partial charge in [0.1, 0.15) is 5.52 Å². The molecule has 3 aromatic rings. The molecule has 0 aliphatic rings. The second-order valence-corrected chi connectivity index (χ2v) is 5.84. The van der Waals surface area contributed by atoms with Crippen molar-refractivity contribution in [2.24, 2.45) is 7.05 Å². The highest BCUT2D eigenvalue weighted by Gasteiger charge is 2.12. The van der Waals surface area contributed by atoms with E-state index < -0.39 is 0 Å². The normalized spacial score (nSPS) is 12.2. The summed E-state index contributed by atoms with van der Waals surface area (Å²) in [5.41, 5.74) is 2.96. The van der Waals surface area contributed by atoms with Gasteiger partial charge in [-0.15, -0.1) is 0 Å². The number of carbonyl (C=O) groups is 1. The second-order valence-electron chi connectivity index (χ2n) is 5.84. The van der Waals surface area contributed by atoms with Gasteiger partial charge in [0, 0.05) is 38.6 Å². The Morgan fingerprint density at radius 2 is 2.17 bits per heavy atom. The van der Waals surface area contributed by atoms with E-state index in [2.05, 4.69) is 20.7 Å². The van der Waals surface area contributed by atoms with Gasteiger partial charge in [-0.05, 0) is 25.1 Å². The number of amides is 2. The molecular weight excluding hydrogens is 308 g/mol. The van der Waals surface area contributed by atoms with Gasteiger partial charge >= 0.3 is 6.03 Å². The summed E-state index contributed by atoms with van der Waals surface area (Å²) in [4.78, 5) is 18.3. The number of aromatic nitrogens is 3. The third-order valence-electron chi connectivity index (χ3n) is 3.59. The van der Waals surface area contributed by atoms with Crippen molar-refractivity contribution in [1.29, 1.82) is 0 Å². The van der Waals surface area contributed by atoms with E-state index in [1.807, 2.05) is 34.3 Å². The molecule has 0 saturated carbocycles. The first-order chi connectivity index (χ1) is 11.4. The van der Waals surface area contributed by atoms with E-state index in [-0.39, 0.29) is 12.1 Å². The van der Waals surface area contributed by atoms with Gasteiger partial charge in [0.25, 0.3) is 6.01 Å². The molecule has 2 amide bonds. The van der Waals surface area contributed by atoms with Crippen LogP contribution in [0.15, 0.2) is 35.0 Å². The lowest BCUT2D eigenvalue weighted by atomic mass is 10.2. The first-order valence-corrected chi connectivity index (χ1v) is 7.56. The molecule has 0 saturated heterocycles. The number of hydrogen-bond donors (Lipinski definition) is 2.